The van der Waals surface area contributed by atoms with Gasteiger partial charge in [0.2, 0.25) is 0 Å². The molecule has 3 heteroatoms. The molecular formula is C11H13NO2. The van der Waals surface area contributed by atoms with Crippen LogP contribution in [0.1, 0.15) is 24.3 Å². The van der Waals surface area contributed by atoms with Crippen molar-refractivity contribution in [2.24, 2.45) is 0 Å². The van der Waals surface area contributed by atoms with Crippen LogP contribution >= 0.6 is 0 Å². The Morgan fingerprint density at radius 1 is 1.29 bits per heavy atom. The second-order valence-electron chi connectivity index (χ2n) is 3.57. The molecule has 1 amide bonds. The van der Waals surface area contributed by atoms with Gasteiger partial charge in [-0.05, 0) is 18.4 Å². The van der Waals surface area contributed by atoms with Gasteiger partial charge in [0.15, 0.2) is 0 Å². The molecule has 1 aromatic rings. The van der Waals surface area contributed by atoms with E-state index >= 15 is 0 Å². The monoisotopic (exact) mass is 191 g/mol. The predicted molar refractivity (Wildman–Crippen MR) is 51.9 cm³/mol. The fraction of sp³-hybridized carbons (Fsp3) is 0.364. The highest BCUT2D eigenvalue weighted by Gasteiger charge is 2.28. The quantitative estimate of drug-likeness (QED) is 0.687. The first-order valence-corrected chi connectivity index (χ1v) is 4.84. The van der Waals surface area contributed by atoms with Crippen molar-refractivity contribution in [2.75, 3.05) is 6.54 Å². The molecule has 1 aliphatic heterocycles. The number of rotatable bonds is 1. The summed E-state index contributed by atoms with van der Waals surface area (Å²) < 4.78 is 0. The molecule has 1 fully saturated rings. The van der Waals surface area contributed by atoms with Gasteiger partial charge in [-0.15, -0.1) is 0 Å². The van der Waals surface area contributed by atoms with E-state index in [-0.39, 0.29) is 11.8 Å². The zero-order valence-corrected chi connectivity index (χ0v) is 7.89. The molecule has 1 saturated heterocycles. The van der Waals surface area contributed by atoms with E-state index in [1.54, 1.807) is 0 Å². The maximum Gasteiger partial charge on any atom is 0.253 e. The van der Waals surface area contributed by atoms with Crippen molar-refractivity contribution in [3.8, 4) is 0 Å². The molecule has 2 rings (SSSR count). The van der Waals surface area contributed by atoms with E-state index in [1.165, 1.54) is 0 Å². The third kappa shape index (κ3) is 1.63. The number of nitrogens with zero attached hydrogens (tertiary/aromatic N) is 1. The summed E-state index contributed by atoms with van der Waals surface area (Å²) in [5.41, 5.74) is 0.997. The van der Waals surface area contributed by atoms with Crippen molar-refractivity contribution in [1.82, 2.24) is 5.06 Å². The van der Waals surface area contributed by atoms with Gasteiger partial charge in [0.25, 0.3) is 5.91 Å². The largest absolute Gasteiger partial charge is 0.286 e. The molecule has 0 aliphatic carbocycles. The van der Waals surface area contributed by atoms with Gasteiger partial charge in [-0.2, -0.15) is 0 Å². The van der Waals surface area contributed by atoms with Crippen molar-refractivity contribution in [3.63, 3.8) is 0 Å². The Morgan fingerprint density at radius 2 is 2.00 bits per heavy atom. The fourth-order valence-corrected chi connectivity index (χ4v) is 1.85. The van der Waals surface area contributed by atoms with Crippen molar-refractivity contribution in [3.05, 3.63) is 35.9 Å². The van der Waals surface area contributed by atoms with Crippen molar-refractivity contribution < 1.29 is 10.0 Å². The molecule has 14 heavy (non-hydrogen) atoms. The summed E-state index contributed by atoms with van der Waals surface area (Å²) in [6.45, 7) is 0.460. The van der Waals surface area contributed by atoms with Gasteiger partial charge in [-0.1, -0.05) is 30.3 Å². The number of hydrogen-bond acceptors (Lipinski definition) is 2. The van der Waals surface area contributed by atoms with E-state index in [0.29, 0.717) is 6.54 Å². The first-order chi connectivity index (χ1) is 6.79. The van der Waals surface area contributed by atoms with Crippen LogP contribution < -0.4 is 0 Å². The Bertz CT molecular complexity index is 323. The van der Waals surface area contributed by atoms with Crippen LogP contribution in [0.3, 0.4) is 0 Å². The molecule has 0 saturated carbocycles. The van der Waals surface area contributed by atoms with Gasteiger partial charge in [0, 0.05) is 6.54 Å². The van der Waals surface area contributed by atoms with Crippen LogP contribution in [0.25, 0.3) is 0 Å². The summed E-state index contributed by atoms with van der Waals surface area (Å²) in [5, 5.41) is 10.1. The first-order valence-electron chi connectivity index (χ1n) is 4.84. The minimum absolute atomic E-state index is 0.157. The van der Waals surface area contributed by atoms with E-state index in [9.17, 15) is 10.0 Å². The average Bonchev–Trinajstić information content (AvgIpc) is 2.23. The Balaban J connectivity index is 2.22. The van der Waals surface area contributed by atoms with Crippen molar-refractivity contribution in [2.45, 2.75) is 18.8 Å². The standard InChI is InChI=1S/C11H13NO2/c13-11-10(7-4-8-12(11)14)9-5-2-1-3-6-9/h1-3,5-6,10,14H,4,7-8H2. The van der Waals surface area contributed by atoms with E-state index < -0.39 is 0 Å². The Kier molecular flexibility index (Phi) is 2.50. The van der Waals surface area contributed by atoms with Crippen LogP contribution in [-0.2, 0) is 4.79 Å². The summed E-state index contributed by atoms with van der Waals surface area (Å²) in [6, 6.07) is 9.62. The van der Waals surface area contributed by atoms with Crippen LogP contribution in [0.4, 0.5) is 0 Å². The second kappa shape index (κ2) is 3.80. The highest BCUT2D eigenvalue weighted by molar-refractivity contribution is 5.83. The van der Waals surface area contributed by atoms with Crippen molar-refractivity contribution >= 4 is 5.91 Å². The van der Waals surface area contributed by atoms with Gasteiger partial charge in [-0.3, -0.25) is 10.0 Å². The first kappa shape index (κ1) is 9.21. The van der Waals surface area contributed by atoms with Gasteiger partial charge in [0.05, 0.1) is 5.92 Å². The summed E-state index contributed by atoms with van der Waals surface area (Å²) in [6.07, 6.45) is 1.70. The SMILES string of the molecule is O=C1C(c2ccccc2)CCCN1O. The third-order valence-corrected chi connectivity index (χ3v) is 2.62. The number of hydroxylamine groups is 2. The molecule has 3 nitrogen and oxygen atoms in total. The lowest BCUT2D eigenvalue weighted by atomic mass is 9.91. The number of carbonyl (C=O) groups is 1. The van der Waals surface area contributed by atoms with E-state index in [1.807, 2.05) is 30.3 Å². The maximum absolute atomic E-state index is 11.6. The topological polar surface area (TPSA) is 40.5 Å². The van der Waals surface area contributed by atoms with E-state index in [0.717, 1.165) is 23.5 Å². The third-order valence-electron chi connectivity index (χ3n) is 2.62. The molecule has 1 aliphatic rings. The van der Waals surface area contributed by atoms with Gasteiger partial charge in [-0.25, -0.2) is 5.06 Å². The number of benzene rings is 1. The van der Waals surface area contributed by atoms with Crippen LogP contribution in [0, 0.1) is 0 Å². The smallest absolute Gasteiger partial charge is 0.253 e. The van der Waals surface area contributed by atoms with Crippen LogP contribution in [0.5, 0.6) is 0 Å². The molecular weight excluding hydrogens is 178 g/mol. The zero-order valence-electron chi connectivity index (χ0n) is 7.89. The predicted octanol–water partition coefficient (Wildman–Crippen LogP) is 1.78. The normalized spacial score (nSPS) is 22.5. The van der Waals surface area contributed by atoms with Crippen LogP contribution in [-0.4, -0.2) is 22.7 Å². The Labute approximate surface area is 82.9 Å². The van der Waals surface area contributed by atoms with E-state index in [2.05, 4.69) is 0 Å². The highest BCUT2D eigenvalue weighted by atomic mass is 16.5. The fourth-order valence-electron chi connectivity index (χ4n) is 1.85. The molecule has 1 N–H and O–H groups in total. The maximum atomic E-state index is 11.6. The molecule has 0 spiro atoms. The minimum atomic E-state index is -0.178. The molecule has 1 atom stereocenters. The Hall–Kier alpha value is -1.35. The number of carbonyl (C=O) groups excluding carboxylic acids is 1. The van der Waals surface area contributed by atoms with Gasteiger partial charge in [0.1, 0.15) is 0 Å². The minimum Gasteiger partial charge on any atom is -0.286 e. The zero-order chi connectivity index (χ0) is 9.97. The number of amides is 1. The lowest BCUT2D eigenvalue weighted by Gasteiger charge is -2.27. The van der Waals surface area contributed by atoms with Crippen molar-refractivity contribution in [1.29, 1.82) is 0 Å². The lowest BCUT2D eigenvalue weighted by Crippen LogP contribution is -2.37. The molecule has 74 valence electrons. The molecule has 0 aromatic heterocycles. The van der Waals surface area contributed by atoms with Gasteiger partial charge >= 0.3 is 0 Å². The number of piperidine rings is 1. The Morgan fingerprint density at radius 3 is 2.71 bits per heavy atom. The van der Waals surface area contributed by atoms with Crippen LogP contribution in [0.15, 0.2) is 30.3 Å². The molecule has 1 unspecified atom stereocenters. The molecule has 1 heterocycles. The summed E-state index contributed by atoms with van der Waals surface area (Å²) in [5.74, 6) is -0.336. The summed E-state index contributed by atoms with van der Waals surface area (Å²) in [4.78, 5) is 11.6. The highest BCUT2D eigenvalue weighted by Crippen LogP contribution is 2.26. The summed E-state index contributed by atoms with van der Waals surface area (Å²) in [7, 11) is 0. The molecule has 0 radical (unpaired) electrons. The molecule has 0 bridgehead atoms. The second-order valence-corrected chi connectivity index (χ2v) is 3.57. The van der Waals surface area contributed by atoms with E-state index in [4.69, 9.17) is 0 Å². The van der Waals surface area contributed by atoms with Crippen LogP contribution in [0.2, 0.25) is 0 Å². The average molecular weight is 191 g/mol. The lowest BCUT2D eigenvalue weighted by molar-refractivity contribution is -0.172. The summed E-state index contributed by atoms with van der Waals surface area (Å²) >= 11 is 0. The van der Waals surface area contributed by atoms with Gasteiger partial charge < -0.3 is 0 Å². The number of hydrogen-bond donors (Lipinski definition) is 1. The molecule has 1 aromatic carbocycles.